The van der Waals surface area contributed by atoms with Crippen molar-refractivity contribution in [3.8, 4) is 0 Å². The van der Waals surface area contributed by atoms with Crippen molar-refractivity contribution in [1.82, 2.24) is 0 Å². The van der Waals surface area contributed by atoms with Crippen LogP contribution in [0.25, 0.3) is 5.57 Å². The molecule has 0 aliphatic carbocycles. The number of aliphatic imine (C=N–C) groups is 1. The topological polar surface area (TPSA) is 12.4 Å². The molecule has 62 valence electrons. The van der Waals surface area contributed by atoms with Gasteiger partial charge in [0.05, 0.1) is 5.69 Å². The monoisotopic (exact) mass is 159 g/mol. The summed E-state index contributed by atoms with van der Waals surface area (Å²) >= 11 is 0. The van der Waals surface area contributed by atoms with Gasteiger partial charge in [-0.25, -0.2) is 0 Å². The van der Waals surface area contributed by atoms with Gasteiger partial charge in [-0.3, -0.25) is 4.99 Å². The number of nitrogens with zero attached hydrogens (tertiary/aromatic N) is 1. The standard InChI is InChI=1S/C11H13N/c1-4-12-11-8-6-5-7-10(11)9(2)3/h4-8H,2H2,1,3H3. The Morgan fingerprint density at radius 1 is 1.42 bits per heavy atom. The zero-order valence-electron chi connectivity index (χ0n) is 7.54. The molecule has 1 nitrogen and oxygen atoms in total. The van der Waals surface area contributed by atoms with E-state index in [2.05, 4.69) is 11.6 Å². The quantitative estimate of drug-likeness (QED) is 0.586. The lowest BCUT2D eigenvalue weighted by molar-refractivity contribution is 1.47. The lowest BCUT2D eigenvalue weighted by Crippen LogP contribution is -1.78. The van der Waals surface area contributed by atoms with Crippen LogP contribution in [-0.2, 0) is 0 Å². The number of para-hydroxylation sites is 1. The van der Waals surface area contributed by atoms with Gasteiger partial charge in [0, 0.05) is 11.8 Å². The minimum absolute atomic E-state index is 0.993. The molecule has 0 fully saturated rings. The molecule has 1 heteroatoms. The van der Waals surface area contributed by atoms with E-state index in [4.69, 9.17) is 0 Å². The number of rotatable bonds is 2. The fourth-order valence-corrected chi connectivity index (χ4v) is 1.09. The molecule has 1 aromatic rings. The molecule has 0 atom stereocenters. The summed E-state index contributed by atoms with van der Waals surface area (Å²) < 4.78 is 0. The average Bonchev–Trinajstić information content (AvgIpc) is 2.05. The van der Waals surface area contributed by atoms with Crippen LogP contribution in [0.4, 0.5) is 5.69 Å². The van der Waals surface area contributed by atoms with Gasteiger partial charge in [0.1, 0.15) is 0 Å². The van der Waals surface area contributed by atoms with Crippen LogP contribution in [0.1, 0.15) is 19.4 Å². The summed E-state index contributed by atoms with van der Waals surface area (Å²) in [4.78, 5) is 4.24. The highest BCUT2D eigenvalue weighted by molar-refractivity contribution is 5.74. The summed E-state index contributed by atoms with van der Waals surface area (Å²) in [5.41, 5.74) is 3.17. The van der Waals surface area contributed by atoms with E-state index in [-0.39, 0.29) is 0 Å². The van der Waals surface area contributed by atoms with E-state index in [1.807, 2.05) is 38.1 Å². The predicted octanol–water partition coefficient (Wildman–Crippen LogP) is 3.44. The molecule has 0 N–H and O–H groups in total. The summed E-state index contributed by atoms with van der Waals surface area (Å²) in [5.74, 6) is 0. The Hall–Kier alpha value is -1.37. The van der Waals surface area contributed by atoms with Gasteiger partial charge in [-0.15, -0.1) is 0 Å². The van der Waals surface area contributed by atoms with E-state index in [0.717, 1.165) is 16.8 Å². The van der Waals surface area contributed by atoms with Crippen LogP contribution < -0.4 is 0 Å². The van der Waals surface area contributed by atoms with Crippen molar-refractivity contribution in [3.63, 3.8) is 0 Å². The van der Waals surface area contributed by atoms with Gasteiger partial charge < -0.3 is 0 Å². The first-order valence-electron chi connectivity index (χ1n) is 3.99. The minimum Gasteiger partial charge on any atom is -0.261 e. The molecule has 0 bridgehead atoms. The van der Waals surface area contributed by atoms with E-state index in [1.54, 1.807) is 6.21 Å². The number of hydrogen-bond acceptors (Lipinski definition) is 1. The van der Waals surface area contributed by atoms with E-state index >= 15 is 0 Å². The normalized spacial score (nSPS) is 10.5. The fraction of sp³-hybridized carbons (Fsp3) is 0.182. The molecule has 0 aliphatic heterocycles. The first-order chi connectivity index (χ1) is 5.75. The molecule has 0 spiro atoms. The van der Waals surface area contributed by atoms with Crippen molar-refractivity contribution in [2.24, 2.45) is 4.99 Å². The Balaban J connectivity index is 3.17. The van der Waals surface area contributed by atoms with E-state index in [9.17, 15) is 0 Å². The predicted molar refractivity (Wildman–Crippen MR) is 55.0 cm³/mol. The molecule has 0 heterocycles. The lowest BCUT2D eigenvalue weighted by Gasteiger charge is -2.02. The Morgan fingerprint density at radius 3 is 2.67 bits per heavy atom. The zero-order valence-corrected chi connectivity index (χ0v) is 7.54. The Bertz CT molecular complexity index is 311. The summed E-state index contributed by atoms with van der Waals surface area (Å²) in [6.07, 6.45) is 1.79. The van der Waals surface area contributed by atoms with Gasteiger partial charge in [-0.2, -0.15) is 0 Å². The number of benzene rings is 1. The average molecular weight is 159 g/mol. The Labute approximate surface area is 73.5 Å². The molecule has 0 saturated carbocycles. The highest BCUT2D eigenvalue weighted by Gasteiger charge is 1.98. The lowest BCUT2D eigenvalue weighted by atomic mass is 10.1. The molecule has 0 radical (unpaired) electrons. The van der Waals surface area contributed by atoms with E-state index < -0.39 is 0 Å². The third-order valence-corrected chi connectivity index (χ3v) is 1.63. The van der Waals surface area contributed by atoms with E-state index in [1.165, 1.54) is 0 Å². The third-order valence-electron chi connectivity index (χ3n) is 1.63. The number of allylic oxidation sites excluding steroid dienone is 1. The van der Waals surface area contributed by atoms with E-state index in [0.29, 0.717) is 0 Å². The Kier molecular flexibility index (Phi) is 2.81. The van der Waals surface area contributed by atoms with Crippen LogP contribution in [0.2, 0.25) is 0 Å². The van der Waals surface area contributed by atoms with Gasteiger partial charge in [-0.1, -0.05) is 24.8 Å². The maximum atomic E-state index is 4.24. The third kappa shape index (κ3) is 1.82. The Morgan fingerprint density at radius 2 is 2.08 bits per heavy atom. The van der Waals surface area contributed by atoms with Crippen LogP contribution in [0.3, 0.4) is 0 Å². The molecule has 0 aromatic heterocycles. The van der Waals surface area contributed by atoms with Gasteiger partial charge in [-0.05, 0) is 25.5 Å². The molecule has 12 heavy (non-hydrogen) atoms. The second-order valence-corrected chi connectivity index (χ2v) is 2.68. The van der Waals surface area contributed by atoms with Gasteiger partial charge in [0.25, 0.3) is 0 Å². The van der Waals surface area contributed by atoms with Crippen molar-refractivity contribution in [2.75, 3.05) is 0 Å². The zero-order chi connectivity index (χ0) is 8.97. The summed E-state index contributed by atoms with van der Waals surface area (Å²) in [6, 6.07) is 8.00. The summed E-state index contributed by atoms with van der Waals surface area (Å²) in [6.45, 7) is 7.80. The summed E-state index contributed by atoms with van der Waals surface area (Å²) in [5, 5.41) is 0. The van der Waals surface area contributed by atoms with Gasteiger partial charge >= 0.3 is 0 Å². The van der Waals surface area contributed by atoms with Crippen LogP contribution in [0, 0.1) is 0 Å². The van der Waals surface area contributed by atoms with Crippen molar-refractivity contribution in [3.05, 3.63) is 36.4 Å². The number of hydrogen-bond donors (Lipinski definition) is 0. The van der Waals surface area contributed by atoms with Crippen molar-refractivity contribution >= 4 is 17.5 Å². The highest BCUT2D eigenvalue weighted by atomic mass is 14.7. The SMILES string of the molecule is C=C(C)c1ccccc1N=CC. The van der Waals surface area contributed by atoms with Crippen LogP contribution in [-0.4, -0.2) is 6.21 Å². The largest absolute Gasteiger partial charge is 0.261 e. The maximum Gasteiger partial charge on any atom is 0.0700 e. The molecule has 0 unspecified atom stereocenters. The minimum atomic E-state index is 0.993. The maximum absolute atomic E-state index is 4.24. The first kappa shape index (κ1) is 8.72. The van der Waals surface area contributed by atoms with Gasteiger partial charge in [0.2, 0.25) is 0 Å². The fourth-order valence-electron chi connectivity index (χ4n) is 1.09. The molecule has 0 aliphatic rings. The second kappa shape index (κ2) is 3.86. The van der Waals surface area contributed by atoms with Crippen molar-refractivity contribution in [2.45, 2.75) is 13.8 Å². The molecular formula is C11H13N. The molecule has 1 aromatic carbocycles. The molecule has 0 amide bonds. The smallest absolute Gasteiger partial charge is 0.0700 e. The molecular weight excluding hydrogens is 146 g/mol. The van der Waals surface area contributed by atoms with Crippen LogP contribution >= 0.6 is 0 Å². The van der Waals surface area contributed by atoms with Crippen molar-refractivity contribution < 1.29 is 0 Å². The van der Waals surface area contributed by atoms with Crippen LogP contribution in [0.5, 0.6) is 0 Å². The van der Waals surface area contributed by atoms with Crippen LogP contribution in [0.15, 0.2) is 35.8 Å². The first-order valence-corrected chi connectivity index (χ1v) is 3.99. The summed E-state index contributed by atoms with van der Waals surface area (Å²) in [7, 11) is 0. The highest BCUT2D eigenvalue weighted by Crippen LogP contribution is 2.23. The second-order valence-electron chi connectivity index (χ2n) is 2.68. The van der Waals surface area contributed by atoms with Crippen molar-refractivity contribution in [1.29, 1.82) is 0 Å². The molecule has 0 saturated heterocycles. The molecule has 1 rings (SSSR count). The van der Waals surface area contributed by atoms with Gasteiger partial charge in [0.15, 0.2) is 0 Å².